The summed E-state index contributed by atoms with van der Waals surface area (Å²) in [5.41, 5.74) is 0. The molecule has 1 amide bonds. The first-order chi connectivity index (χ1) is 10.3. The second-order valence-electron chi connectivity index (χ2n) is 4.72. The highest BCUT2D eigenvalue weighted by Gasteiger charge is 2.20. The molecule has 0 saturated carbocycles. The maximum Gasteiger partial charge on any atom is 0.246 e. The van der Waals surface area contributed by atoms with Gasteiger partial charge in [-0.1, -0.05) is 6.07 Å². The number of nitrogens with zero attached hydrogens (tertiary/aromatic N) is 4. The SMILES string of the molecule is O=C(/C=C/c1cccs1)N1CCN(c2cnccn2)CC1. The fraction of sp³-hybridized carbons (Fsp3) is 0.267. The van der Waals surface area contributed by atoms with Crippen LogP contribution in [0.25, 0.3) is 6.08 Å². The minimum Gasteiger partial charge on any atom is -0.352 e. The van der Waals surface area contributed by atoms with Crippen molar-refractivity contribution in [3.8, 4) is 0 Å². The molecule has 0 aliphatic carbocycles. The Labute approximate surface area is 127 Å². The molecule has 1 fully saturated rings. The maximum atomic E-state index is 12.1. The Morgan fingerprint density at radius 1 is 1.24 bits per heavy atom. The van der Waals surface area contributed by atoms with Crippen molar-refractivity contribution in [3.63, 3.8) is 0 Å². The predicted molar refractivity (Wildman–Crippen MR) is 84.2 cm³/mol. The average Bonchev–Trinajstić information content (AvgIpc) is 3.07. The number of hydrogen-bond acceptors (Lipinski definition) is 5. The summed E-state index contributed by atoms with van der Waals surface area (Å²) in [6.45, 7) is 3.00. The van der Waals surface area contributed by atoms with Gasteiger partial charge in [-0.15, -0.1) is 11.3 Å². The molecule has 5 nitrogen and oxygen atoms in total. The van der Waals surface area contributed by atoms with Gasteiger partial charge in [0, 0.05) is 49.5 Å². The van der Waals surface area contributed by atoms with Crippen LogP contribution in [0.1, 0.15) is 4.88 Å². The molecule has 2 aromatic rings. The minimum absolute atomic E-state index is 0.0715. The Morgan fingerprint density at radius 2 is 2.10 bits per heavy atom. The molecule has 1 aliphatic heterocycles. The maximum absolute atomic E-state index is 12.1. The highest BCUT2D eigenvalue weighted by Crippen LogP contribution is 2.13. The van der Waals surface area contributed by atoms with Crippen LogP contribution < -0.4 is 4.90 Å². The number of carbonyl (C=O) groups excluding carboxylic acids is 1. The Kier molecular flexibility index (Phi) is 4.25. The number of thiophene rings is 1. The summed E-state index contributed by atoms with van der Waals surface area (Å²) in [7, 11) is 0. The summed E-state index contributed by atoms with van der Waals surface area (Å²) in [4.78, 5) is 25.6. The molecule has 0 N–H and O–H groups in total. The number of aromatic nitrogens is 2. The second kappa shape index (κ2) is 6.49. The molecule has 6 heteroatoms. The summed E-state index contributed by atoms with van der Waals surface area (Å²) < 4.78 is 0. The van der Waals surface area contributed by atoms with Gasteiger partial charge < -0.3 is 9.80 Å². The van der Waals surface area contributed by atoms with Crippen LogP contribution in [-0.2, 0) is 4.79 Å². The van der Waals surface area contributed by atoms with E-state index in [9.17, 15) is 4.79 Å². The molecule has 3 heterocycles. The van der Waals surface area contributed by atoms with Gasteiger partial charge in [-0.25, -0.2) is 4.98 Å². The number of anilines is 1. The molecule has 0 spiro atoms. The number of carbonyl (C=O) groups is 1. The van der Waals surface area contributed by atoms with E-state index >= 15 is 0 Å². The molecule has 0 radical (unpaired) electrons. The Bertz CT molecular complexity index is 604. The van der Waals surface area contributed by atoms with Crippen molar-refractivity contribution in [2.75, 3.05) is 31.1 Å². The first-order valence-electron chi connectivity index (χ1n) is 6.84. The third kappa shape index (κ3) is 3.46. The van der Waals surface area contributed by atoms with Crippen molar-refractivity contribution in [2.45, 2.75) is 0 Å². The van der Waals surface area contributed by atoms with Crippen molar-refractivity contribution in [2.24, 2.45) is 0 Å². The van der Waals surface area contributed by atoms with Crippen LogP contribution in [0.3, 0.4) is 0 Å². The van der Waals surface area contributed by atoms with Crippen LogP contribution in [0.5, 0.6) is 0 Å². The van der Waals surface area contributed by atoms with Crippen molar-refractivity contribution in [1.82, 2.24) is 14.9 Å². The zero-order chi connectivity index (χ0) is 14.5. The zero-order valence-corrected chi connectivity index (χ0v) is 12.4. The first kappa shape index (κ1) is 13.8. The summed E-state index contributed by atoms with van der Waals surface area (Å²) in [5, 5.41) is 2.00. The quantitative estimate of drug-likeness (QED) is 0.812. The molecule has 0 bridgehead atoms. The molecule has 0 atom stereocenters. The Morgan fingerprint density at radius 3 is 2.76 bits per heavy atom. The summed E-state index contributed by atoms with van der Waals surface area (Å²) in [6.07, 6.45) is 8.65. The smallest absolute Gasteiger partial charge is 0.246 e. The first-order valence-corrected chi connectivity index (χ1v) is 7.72. The highest BCUT2D eigenvalue weighted by atomic mass is 32.1. The van der Waals surface area contributed by atoms with Crippen molar-refractivity contribution in [3.05, 3.63) is 47.1 Å². The molecular formula is C15H16N4OS. The normalized spacial score (nSPS) is 15.6. The average molecular weight is 300 g/mol. The van der Waals surface area contributed by atoms with E-state index in [2.05, 4.69) is 14.9 Å². The van der Waals surface area contributed by atoms with Gasteiger partial charge in [0.1, 0.15) is 5.82 Å². The number of rotatable bonds is 3. The van der Waals surface area contributed by atoms with Gasteiger partial charge >= 0.3 is 0 Å². The van der Waals surface area contributed by atoms with E-state index in [0.717, 1.165) is 23.8 Å². The lowest BCUT2D eigenvalue weighted by Gasteiger charge is -2.34. The van der Waals surface area contributed by atoms with Crippen molar-refractivity contribution in [1.29, 1.82) is 0 Å². The van der Waals surface area contributed by atoms with Gasteiger partial charge in [-0.2, -0.15) is 0 Å². The van der Waals surface area contributed by atoms with Crippen molar-refractivity contribution >= 4 is 29.1 Å². The van der Waals surface area contributed by atoms with E-state index in [4.69, 9.17) is 0 Å². The fourth-order valence-electron chi connectivity index (χ4n) is 2.26. The van der Waals surface area contributed by atoms with E-state index in [-0.39, 0.29) is 5.91 Å². The Balaban J connectivity index is 1.55. The van der Waals surface area contributed by atoms with Gasteiger partial charge in [0.05, 0.1) is 6.20 Å². The van der Waals surface area contributed by atoms with Crippen LogP contribution in [0.4, 0.5) is 5.82 Å². The summed E-state index contributed by atoms with van der Waals surface area (Å²) >= 11 is 1.63. The van der Waals surface area contributed by atoms with Gasteiger partial charge in [0.2, 0.25) is 5.91 Å². The van der Waals surface area contributed by atoms with Crippen LogP contribution in [0, 0.1) is 0 Å². The van der Waals surface area contributed by atoms with E-state index in [1.807, 2.05) is 28.5 Å². The van der Waals surface area contributed by atoms with Crippen LogP contribution in [0.15, 0.2) is 42.2 Å². The highest BCUT2D eigenvalue weighted by molar-refractivity contribution is 7.10. The van der Waals surface area contributed by atoms with Gasteiger partial charge in [0.25, 0.3) is 0 Å². The molecule has 2 aromatic heterocycles. The van der Waals surface area contributed by atoms with E-state index in [1.165, 1.54) is 0 Å². The van der Waals surface area contributed by atoms with Crippen LogP contribution in [-0.4, -0.2) is 47.0 Å². The molecule has 3 rings (SSSR count). The van der Waals surface area contributed by atoms with E-state index < -0.39 is 0 Å². The lowest BCUT2D eigenvalue weighted by atomic mass is 10.3. The largest absolute Gasteiger partial charge is 0.352 e. The van der Waals surface area contributed by atoms with Gasteiger partial charge in [-0.05, 0) is 17.5 Å². The van der Waals surface area contributed by atoms with E-state index in [0.29, 0.717) is 13.1 Å². The molecule has 1 saturated heterocycles. The Hall–Kier alpha value is -2.21. The summed E-state index contributed by atoms with van der Waals surface area (Å²) in [6, 6.07) is 3.98. The van der Waals surface area contributed by atoms with Crippen LogP contribution in [0.2, 0.25) is 0 Å². The number of amides is 1. The molecule has 0 aromatic carbocycles. The van der Waals surface area contributed by atoms with Gasteiger partial charge in [0.15, 0.2) is 0 Å². The van der Waals surface area contributed by atoms with Crippen molar-refractivity contribution < 1.29 is 4.79 Å². The topological polar surface area (TPSA) is 49.3 Å². The molecule has 21 heavy (non-hydrogen) atoms. The molecule has 0 unspecified atom stereocenters. The fourth-order valence-corrected chi connectivity index (χ4v) is 2.87. The second-order valence-corrected chi connectivity index (χ2v) is 5.70. The standard InChI is InChI=1S/C15H16N4OS/c20-15(4-3-13-2-1-11-21-13)19-9-7-18(8-10-19)14-12-16-5-6-17-14/h1-6,11-12H,7-10H2/b4-3+. The van der Waals surface area contributed by atoms with Gasteiger partial charge in [-0.3, -0.25) is 9.78 Å². The lowest BCUT2D eigenvalue weighted by molar-refractivity contribution is -0.126. The molecular weight excluding hydrogens is 284 g/mol. The van der Waals surface area contributed by atoms with E-state index in [1.54, 1.807) is 36.0 Å². The number of hydrogen-bond donors (Lipinski definition) is 0. The molecule has 108 valence electrons. The third-order valence-electron chi connectivity index (χ3n) is 3.40. The zero-order valence-electron chi connectivity index (χ0n) is 11.6. The lowest BCUT2D eigenvalue weighted by Crippen LogP contribution is -2.48. The number of piperazine rings is 1. The summed E-state index contributed by atoms with van der Waals surface area (Å²) in [5.74, 6) is 0.945. The van der Waals surface area contributed by atoms with Crippen LogP contribution >= 0.6 is 11.3 Å². The third-order valence-corrected chi connectivity index (χ3v) is 4.24. The minimum atomic E-state index is 0.0715. The predicted octanol–water partition coefficient (Wildman–Crippen LogP) is 1.90. The molecule has 1 aliphatic rings. The monoisotopic (exact) mass is 300 g/mol.